The van der Waals surface area contributed by atoms with Gasteiger partial charge < -0.3 is 14.7 Å². The number of anilines is 1. The Hall–Kier alpha value is -2.97. The van der Waals surface area contributed by atoms with Gasteiger partial charge >= 0.3 is 0 Å². The number of rotatable bonds is 7. The first-order valence-electron chi connectivity index (χ1n) is 10.7. The predicted octanol–water partition coefficient (Wildman–Crippen LogP) is 1.57. The van der Waals surface area contributed by atoms with Crippen LogP contribution >= 0.6 is 0 Å². The number of nitrogens with zero attached hydrogens (tertiary/aromatic N) is 4. The molecule has 8 nitrogen and oxygen atoms in total. The first-order chi connectivity index (χ1) is 15.0. The van der Waals surface area contributed by atoms with E-state index in [-0.39, 0.29) is 18.0 Å². The number of benzene rings is 1. The van der Waals surface area contributed by atoms with E-state index >= 15 is 0 Å². The zero-order chi connectivity index (χ0) is 22.0. The Morgan fingerprint density at radius 3 is 2.45 bits per heavy atom. The number of aliphatic hydroxyl groups is 1. The molecule has 8 heteroatoms. The van der Waals surface area contributed by atoms with Crippen molar-refractivity contribution in [1.82, 2.24) is 14.8 Å². The van der Waals surface area contributed by atoms with E-state index in [4.69, 9.17) is 4.74 Å². The fraction of sp³-hybridized carbons (Fsp3) is 0.435. The molecule has 1 unspecified atom stereocenters. The lowest BCUT2D eigenvalue weighted by Crippen LogP contribution is -2.50. The van der Waals surface area contributed by atoms with Crippen LogP contribution in [-0.4, -0.2) is 83.7 Å². The number of fused-ring (bicyclic) bond motifs is 1. The van der Waals surface area contributed by atoms with Crippen molar-refractivity contribution in [3.63, 3.8) is 0 Å². The second-order valence-electron chi connectivity index (χ2n) is 7.92. The number of β-amino-alcohol motifs (C(OH)–C–C–N with tert-alkyl or cyclic N) is 1. The molecule has 2 aliphatic rings. The van der Waals surface area contributed by atoms with Crippen LogP contribution in [0, 0.1) is 6.92 Å². The highest BCUT2D eigenvalue weighted by atomic mass is 16.5. The van der Waals surface area contributed by atoms with Crippen molar-refractivity contribution in [2.45, 2.75) is 20.0 Å². The smallest absolute Gasteiger partial charge is 0.267 e. The minimum Gasteiger partial charge on any atom is -0.477 e. The number of carbonyl (C=O) groups excluding carboxylic acids is 2. The molecule has 0 bridgehead atoms. The van der Waals surface area contributed by atoms with Gasteiger partial charge in [-0.1, -0.05) is 18.2 Å². The lowest BCUT2D eigenvalue weighted by Gasteiger charge is -2.37. The number of aliphatic hydroxyl groups excluding tert-OH is 1. The third kappa shape index (κ3) is 4.40. The van der Waals surface area contributed by atoms with Crippen molar-refractivity contribution in [2.75, 3.05) is 50.8 Å². The van der Waals surface area contributed by atoms with E-state index in [0.717, 1.165) is 31.1 Å². The molecule has 1 atom stereocenters. The van der Waals surface area contributed by atoms with E-state index in [2.05, 4.69) is 26.9 Å². The van der Waals surface area contributed by atoms with Crippen LogP contribution in [0.5, 0.6) is 5.88 Å². The summed E-state index contributed by atoms with van der Waals surface area (Å²) < 4.78 is 5.48. The number of imide groups is 1. The number of hydrogen-bond donors (Lipinski definition) is 1. The third-order valence-electron chi connectivity index (χ3n) is 5.69. The monoisotopic (exact) mass is 424 g/mol. The van der Waals surface area contributed by atoms with Crippen molar-refractivity contribution in [3.05, 3.63) is 53.2 Å². The number of carbonyl (C=O) groups is 2. The highest BCUT2D eigenvalue weighted by Crippen LogP contribution is 2.30. The normalized spacial score (nSPS) is 17.8. The van der Waals surface area contributed by atoms with Crippen LogP contribution in [-0.2, 0) is 0 Å². The molecule has 4 rings (SSSR count). The van der Waals surface area contributed by atoms with Crippen molar-refractivity contribution in [2.24, 2.45) is 0 Å². The average Bonchev–Trinajstić information content (AvgIpc) is 2.99. The van der Waals surface area contributed by atoms with Gasteiger partial charge in [-0.25, -0.2) is 4.98 Å². The maximum atomic E-state index is 12.9. The Balaban J connectivity index is 1.36. The third-order valence-corrected chi connectivity index (χ3v) is 5.69. The van der Waals surface area contributed by atoms with E-state index in [1.807, 2.05) is 18.2 Å². The molecule has 1 fully saturated rings. The molecule has 164 valence electrons. The summed E-state index contributed by atoms with van der Waals surface area (Å²) in [5.41, 5.74) is 2.30. The van der Waals surface area contributed by atoms with Gasteiger partial charge in [0.2, 0.25) is 5.88 Å². The first kappa shape index (κ1) is 21.3. The van der Waals surface area contributed by atoms with Gasteiger partial charge in [0.25, 0.3) is 11.8 Å². The number of ether oxygens (including phenoxy) is 1. The zero-order valence-corrected chi connectivity index (χ0v) is 18.0. The Morgan fingerprint density at radius 1 is 1.06 bits per heavy atom. The van der Waals surface area contributed by atoms with Crippen molar-refractivity contribution >= 4 is 17.5 Å². The molecular formula is C23H28N4O4. The molecule has 1 saturated heterocycles. The van der Waals surface area contributed by atoms with Crippen molar-refractivity contribution < 1.29 is 19.4 Å². The molecule has 0 aliphatic carbocycles. The summed E-state index contributed by atoms with van der Waals surface area (Å²) in [5.74, 6) is -0.673. The summed E-state index contributed by atoms with van der Waals surface area (Å²) in [6.07, 6.45) is -0.824. The van der Waals surface area contributed by atoms with Crippen molar-refractivity contribution in [3.8, 4) is 5.88 Å². The summed E-state index contributed by atoms with van der Waals surface area (Å²) in [6, 6.07) is 11.9. The number of amides is 2. The lowest BCUT2D eigenvalue weighted by atomic mass is 10.1. The molecule has 1 aromatic carbocycles. The van der Waals surface area contributed by atoms with Crippen molar-refractivity contribution in [1.29, 1.82) is 0 Å². The van der Waals surface area contributed by atoms with Gasteiger partial charge in [0.05, 0.1) is 24.8 Å². The van der Waals surface area contributed by atoms with Crippen LogP contribution in [0.15, 0.2) is 36.4 Å². The number of pyridine rings is 1. The van der Waals surface area contributed by atoms with Gasteiger partial charge in [-0.2, -0.15) is 0 Å². The standard InChI is InChI=1S/C23H28N4O4/c1-3-31-21-20-19(13-16(2)24-21)22(29)27(23(20)30)15-18(28)14-25-9-11-26(12-10-25)17-7-5-4-6-8-17/h4-8,13,18,28H,3,9-12,14-15H2,1-2H3. The quantitative estimate of drug-likeness (QED) is 0.675. The first-order valence-corrected chi connectivity index (χ1v) is 10.7. The topological polar surface area (TPSA) is 86.2 Å². The zero-order valence-electron chi connectivity index (χ0n) is 18.0. The molecule has 0 radical (unpaired) electrons. The number of aromatic nitrogens is 1. The molecule has 2 aliphatic heterocycles. The summed E-state index contributed by atoms with van der Waals surface area (Å²) in [6.45, 7) is 7.63. The van der Waals surface area contributed by atoms with E-state index in [0.29, 0.717) is 24.4 Å². The maximum absolute atomic E-state index is 12.9. The molecule has 3 heterocycles. The molecule has 2 aromatic rings. The second-order valence-corrected chi connectivity index (χ2v) is 7.92. The fourth-order valence-corrected chi connectivity index (χ4v) is 4.19. The van der Waals surface area contributed by atoms with Crippen LogP contribution in [0.3, 0.4) is 0 Å². The van der Waals surface area contributed by atoms with Crippen LogP contribution in [0.1, 0.15) is 33.3 Å². The summed E-state index contributed by atoms with van der Waals surface area (Å²) >= 11 is 0. The van der Waals surface area contributed by atoms with Gasteiger partial charge in [0.15, 0.2) is 0 Å². The van der Waals surface area contributed by atoms with Gasteiger partial charge in [-0.05, 0) is 32.0 Å². The number of aryl methyl sites for hydroxylation is 1. The summed E-state index contributed by atoms with van der Waals surface area (Å²) in [5, 5.41) is 10.6. The number of piperazine rings is 1. The Bertz CT molecular complexity index is 958. The highest BCUT2D eigenvalue weighted by molar-refractivity contribution is 6.22. The number of para-hydroxylation sites is 1. The molecule has 1 aromatic heterocycles. The van der Waals surface area contributed by atoms with E-state index in [1.165, 1.54) is 5.69 Å². The Kier molecular flexibility index (Phi) is 6.20. The van der Waals surface area contributed by atoms with E-state index < -0.39 is 17.9 Å². The molecule has 0 saturated carbocycles. The molecule has 0 spiro atoms. The molecular weight excluding hydrogens is 396 g/mol. The SMILES string of the molecule is CCOc1nc(C)cc2c1C(=O)N(CC(O)CN1CCN(c3ccccc3)CC1)C2=O. The van der Waals surface area contributed by atoms with Crippen LogP contribution in [0.25, 0.3) is 0 Å². The predicted molar refractivity (Wildman–Crippen MR) is 117 cm³/mol. The summed E-state index contributed by atoms with van der Waals surface area (Å²) in [4.78, 5) is 35.6. The van der Waals surface area contributed by atoms with Crippen LogP contribution < -0.4 is 9.64 Å². The Morgan fingerprint density at radius 2 is 1.77 bits per heavy atom. The Labute approximate surface area is 182 Å². The lowest BCUT2D eigenvalue weighted by molar-refractivity contribution is 0.0468. The maximum Gasteiger partial charge on any atom is 0.267 e. The second kappa shape index (κ2) is 9.03. The average molecular weight is 425 g/mol. The minimum absolute atomic E-state index is 0.0458. The largest absolute Gasteiger partial charge is 0.477 e. The molecule has 31 heavy (non-hydrogen) atoms. The van der Waals surface area contributed by atoms with Crippen LogP contribution in [0.4, 0.5) is 5.69 Å². The molecule has 1 N–H and O–H groups in total. The van der Waals surface area contributed by atoms with Gasteiger partial charge in [-0.3, -0.25) is 19.4 Å². The number of hydrogen-bond acceptors (Lipinski definition) is 7. The summed E-state index contributed by atoms with van der Waals surface area (Å²) in [7, 11) is 0. The van der Waals surface area contributed by atoms with E-state index in [9.17, 15) is 14.7 Å². The van der Waals surface area contributed by atoms with Gasteiger partial charge in [0, 0.05) is 44.1 Å². The van der Waals surface area contributed by atoms with Gasteiger partial charge in [0.1, 0.15) is 5.56 Å². The fourth-order valence-electron chi connectivity index (χ4n) is 4.19. The van der Waals surface area contributed by atoms with Crippen LogP contribution in [0.2, 0.25) is 0 Å². The highest BCUT2D eigenvalue weighted by Gasteiger charge is 2.40. The minimum atomic E-state index is -0.824. The van der Waals surface area contributed by atoms with Gasteiger partial charge in [-0.15, -0.1) is 0 Å². The molecule has 2 amide bonds. The van der Waals surface area contributed by atoms with E-state index in [1.54, 1.807) is 19.9 Å².